The molecule has 0 saturated heterocycles. The Labute approximate surface area is 107 Å². The summed E-state index contributed by atoms with van der Waals surface area (Å²) in [6, 6.07) is 6.15. The molecule has 1 heterocycles. The number of aromatic nitrogens is 2. The van der Waals surface area contributed by atoms with Crippen molar-refractivity contribution in [2.24, 2.45) is 0 Å². The van der Waals surface area contributed by atoms with Crippen molar-refractivity contribution in [3.05, 3.63) is 50.9 Å². The Bertz CT molecular complexity index is 612. The van der Waals surface area contributed by atoms with Gasteiger partial charge in [-0.2, -0.15) is 0 Å². The maximum Gasteiger partial charge on any atom is 0.274 e. The molecule has 0 saturated carbocycles. The van der Waals surface area contributed by atoms with Crippen molar-refractivity contribution in [3.63, 3.8) is 0 Å². The van der Waals surface area contributed by atoms with Gasteiger partial charge in [-0.05, 0) is 49.9 Å². The average Bonchev–Trinajstić information content (AvgIpc) is 2.52. The number of hydrogen-bond donors (Lipinski definition) is 1. The molecule has 18 heavy (non-hydrogen) atoms. The Morgan fingerprint density at radius 2 is 1.61 bits per heavy atom. The van der Waals surface area contributed by atoms with Crippen LogP contribution in [-0.2, 0) is 0 Å². The number of aryl methyl sites for hydroxylation is 3. The highest BCUT2D eigenvalue weighted by Crippen LogP contribution is 2.16. The third-order valence-electron chi connectivity index (χ3n) is 3.16. The molecule has 0 radical (unpaired) electrons. The molecule has 1 aromatic heterocycles. The largest absolute Gasteiger partial charge is 0.295 e. The molecule has 3 nitrogen and oxygen atoms in total. The molecule has 3 heteroatoms. The summed E-state index contributed by atoms with van der Waals surface area (Å²) < 4.78 is 1.64. The van der Waals surface area contributed by atoms with Gasteiger partial charge in [-0.15, -0.1) is 0 Å². The van der Waals surface area contributed by atoms with Gasteiger partial charge in [0.15, 0.2) is 0 Å². The lowest BCUT2D eigenvalue weighted by Gasteiger charge is -2.05. The van der Waals surface area contributed by atoms with Gasteiger partial charge in [-0.1, -0.05) is 19.9 Å². The van der Waals surface area contributed by atoms with Crippen LogP contribution in [0.2, 0.25) is 0 Å². The van der Waals surface area contributed by atoms with Crippen LogP contribution in [0.25, 0.3) is 5.69 Å². The summed E-state index contributed by atoms with van der Waals surface area (Å²) in [5, 5.41) is 3.17. The fourth-order valence-electron chi connectivity index (χ4n) is 2.50. The summed E-state index contributed by atoms with van der Waals surface area (Å²) in [5.41, 5.74) is 5.12. The highest BCUT2D eigenvalue weighted by molar-refractivity contribution is 5.40. The second kappa shape index (κ2) is 4.48. The van der Waals surface area contributed by atoms with E-state index in [9.17, 15) is 4.79 Å². The van der Waals surface area contributed by atoms with Crippen LogP contribution >= 0.6 is 0 Å². The van der Waals surface area contributed by atoms with Crippen LogP contribution in [0.1, 0.15) is 42.1 Å². The maximum atomic E-state index is 12.4. The first kappa shape index (κ1) is 12.7. The van der Waals surface area contributed by atoms with E-state index < -0.39 is 0 Å². The minimum Gasteiger partial charge on any atom is -0.295 e. The van der Waals surface area contributed by atoms with Gasteiger partial charge in [0.05, 0.1) is 5.69 Å². The molecule has 0 atom stereocenters. The Kier molecular flexibility index (Phi) is 3.16. The van der Waals surface area contributed by atoms with E-state index >= 15 is 0 Å². The summed E-state index contributed by atoms with van der Waals surface area (Å²) in [6.07, 6.45) is 0. The van der Waals surface area contributed by atoms with Crippen molar-refractivity contribution in [2.45, 2.75) is 40.5 Å². The fraction of sp³-hybridized carbons (Fsp3) is 0.400. The van der Waals surface area contributed by atoms with E-state index in [4.69, 9.17) is 0 Å². The highest BCUT2D eigenvalue weighted by Gasteiger charge is 2.15. The second-order valence-electron chi connectivity index (χ2n) is 5.29. The molecule has 0 spiro atoms. The Balaban J connectivity index is 2.65. The monoisotopic (exact) mass is 244 g/mol. The van der Waals surface area contributed by atoms with Crippen LogP contribution in [-0.4, -0.2) is 9.78 Å². The summed E-state index contributed by atoms with van der Waals surface area (Å²) in [6.45, 7) is 10.1. The third-order valence-corrected chi connectivity index (χ3v) is 3.16. The number of hydrogen-bond acceptors (Lipinski definition) is 1. The number of benzene rings is 1. The van der Waals surface area contributed by atoms with E-state index in [0.29, 0.717) is 0 Å². The number of nitrogens with one attached hydrogen (secondary N) is 1. The second-order valence-corrected chi connectivity index (χ2v) is 5.29. The van der Waals surface area contributed by atoms with Crippen molar-refractivity contribution >= 4 is 0 Å². The normalized spacial score (nSPS) is 11.2. The first-order valence-corrected chi connectivity index (χ1v) is 6.30. The summed E-state index contributed by atoms with van der Waals surface area (Å²) in [4.78, 5) is 12.4. The van der Waals surface area contributed by atoms with Crippen LogP contribution in [0.15, 0.2) is 23.0 Å². The lowest BCUT2D eigenvalue weighted by molar-refractivity contribution is 0.823. The third kappa shape index (κ3) is 2.13. The zero-order valence-electron chi connectivity index (χ0n) is 11.7. The number of rotatable bonds is 2. The van der Waals surface area contributed by atoms with E-state index in [2.05, 4.69) is 11.2 Å². The van der Waals surface area contributed by atoms with Gasteiger partial charge in [-0.3, -0.25) is 9.89 Å². The van der Waals surface area contributed by atoms with Crippen LogP contribution in [0.5, 0.6) is 0 Å². The highest BCUT2D eigenvalue weighted by atomic mass is 16.1. The summed E-state index contributed by atoms with van der Waals surface area (Å²) >= 11 is 0. The van der Waals surface area contributed by atoms with Gasteiger partial charge in [0.1, 0.15) is 0 Å². The SMILES string of the molecule is Cc1cc(C)cc(-n2[nH]c(C)c(C(C)C)c2=O)c1. The average molecular weight is 244 g/mol. The molecule has 2 aromatic rings. The van der Waals surface area contributed by atoms with Gasteiger partial charge in [0.2, 0.25) is 0 Å². The summed E-state index contributed by atoms with van der Waals surface area (Å²) in [5.74, 6) is 0.237. The minimum atomic E-state index is 0.0625. The zero-order chi connectivity index (χ0) is 13.4. The van der Waals surface area contributed by atoms with Crippen LogP contribution in [0, 0.1) is 20.8 Å². The Hall–Kier alpha value is -1.77. The molecule has 2 rings (SSSR count). The molecule has 0 aliphatic carbocycles. The first-order chi connectivity index (χ1) is 8.40. The van der Waals surface area contributed by atoms with E-state index in [1.54, 1.807) is 4.68 Å². The Morgan fingerprint density at radius 3 is 2.06 bits per heavy atom. The van der Waals surface area contributed by atoms with E-state index in [0.717, 1.165) is 28.1 Å². The molecule has 96 valence electrons. The molecular weight excluding hydrogens is 224 g/mol. The van der Waals surface area contributed by atoms with Crippen LogP contribution in [0.3, 0.4) is 0 Å². The topological polar surface area (TPSA) is 37.8 Å². The van der Waals surface area contributed by atoms with Gasteiger partial charge < -0.3 is 0 Å². The van der Waals surface area contributed by atoms with Crippen LogP contribution in [0.4, 0.5) is 0 Å². The van der Waals surface area contributed by atoms with E-state index in [1.807, 2.05) is 46.8 Å². The smallest absolute Gasteiger partial charge is 0.274 e. The molecule has 0 unspecified atom stereocenters. The molecule has 0 bridgehead atoms. The number of H-pyrrole nitrogens is 1. The fourth-order valence-corrected chi connectivity index (χ4v) is 2.50. The Morgan fingerprint density at radius 1 is 1.06 bits per heavy atom. The minimum absolute atomic E-state index is 0.0625. The molecular formula is C15H20N2O. The van der Waals surface area contributed by atoms with Crippen molar-refractivity contribution in [2.75, 3.05) is 0 Å². The predicted octanol–water partition coefficient (Wildman–Crippen LogP) is 3.21. The molecule has 1 aromatic carbocycles. The van der Waals surface area contributed by atoms with E-state index in [-0.39, 0.29) is 11.5 Å². The first-order valence-electron chi connectivity index (χ1n) is 6.30. The van der Waals surface area contributed by atoms with Gasteiger partial charge in [0, 0.05) is 11.3 Å². The number of nitrogens with zero attached hydrogens (tertiary/aromatic N) is 1. The molecule has 0 amide bonds. The van der Waals surface area contributed by atoms with Gasteiger partial charge in [0.25, 0.3) is 5.56 Å². The zero-order valence-corrected chi connectivity index (χ0v) is 11.7. The van der Waals surface area contributed by atoms with Crippen molar-refractivity contribution in [1.82, 2.24) is 9.78 Å². The predicted molar refractivity (Wildman–Crippen MR) is 74.7 cm³/mol. The van der Waals surface area contributed by atoms with Crippen molar-refractivity contribution in [3.8, 4) is 5.69 Å². The molecule has 0 aliphatic rings. The molecule has 1 N–H and O–H groups in total. The van der Waals surface area contributed by atoms with Gasteiger partial charge in [-0.25, -0.2) is 4.68 Å². The van der Waals surface area contributed by atoms with Gasteiger partial charge >= 0.3 is 0 Å². The quantitative estimate of drug-likeness (QED) is 0.865. The lowest BCUT2D eigenvalue weighted by atomic mass is 10.0. The lowest BCUT2D eigenvalue weighted by Crippen LogP contribution is -2.18. The molecule has 0 aliphatic heterocycles. The van der Waals surface area contributed by atoms with E-state index in [1.165, 1.54) is 0 Å². The number of aromatic amines is 1. The van der Waals surface area contributed by atoms with Crippen LogP contribution < -0.4 is 5.56 Å². The molecule has 0 fully saturated rings. The summed E-state index contributed by atoms with van der Waals surface area (Å²) in [7, 11) is 0. The van der Waals surface area contributed by atoms with Crippen molar-refractivity contribution < 1.29 is 0 Å². The maximum absolute atomic E-state index is 12.4. The standard InChI is InChI=1S/C15H20N2O/c1-9(2)14-12(5)16-17(15(14)18)13-7-10(3)6-11(4)8-13/h6-9,16H,1-5H3. The van der Waals surface area contributed by atoms with Crippen molar-refractivity contribution in [1.29, 1.82) is 0 Å².